The number of amides is 2. The van der Waals surface area contributed by atoms with Crippen molar-refractivity contribution >= 4 is 6.03 Å². The highest BCUT2D eigenvalue weighted by molar-refractivity contribution is 5.76. The second-order valence-electron chi connectivity index (χ2n) is 8.48. The number of rotatable bonds is 2. The summed E-state index contributed by atoms with van der Waals surface area (Å²) in [5.74, 6) is -2.52. The summed E-state index contributed by atoms with van der Waals surface area (Å²) in [5, 5.41) is 3.14. The summed E-state index contributed by atoms with van der Waals surface area (Å²) in [6.07, 6.45) is 3.17. The van der Waals surface area contributed by atoms with E-state index < -0.39 is 11.3 Å². The van der Waals surface area contributed by atoms with E-state index >= 15 is 0 Å². The van der Waals surface area contributed by atoms with Gasteiger partial charge in [0.1, 0.15) is 6.10 Å². The summed E-state index contributed by atoms with van der Waals surface area (Å²) < 4.78 is 33.3. The van der Waals surface area contributed by atoms with Crippen molar-refractivity contribution in [3.05, 3.63) is 35.4 Å². The van der Waals surface area contributed by atoms with E-state index in [1.807, 2.05) is 23.1 Å². The van der Waals surface area contributed by atoms with Crippen LogP contribution in [-0.2, 0) is 11.2 Å². The van der Waals surface area contributed by atoms with E-state index in [0.29, 0.717) is 12.8 Å². The Bertz CT molecular complexity index is 739. The molecule has 2 bridgehead atoms. The fourth-order valence-corrected chi connectivity index (χ4v) is 5.71. The Labute approximate surface area is 151 Å². The molecule has 26 heavy (non-hydrogen) atoms. The minimum absolute atomic E-state index is 0.00609. The average Bonchev–Trinajstić information content (AvgIpc) is 2.88. The highest BCUT2D eigenvalue weighted by Crippen LogP contribution is 2.69. The third-order valence-corrected chi connectivity index (χ3v) is 7.05. The van der Waals surface area contributed by atoms with E-state index in [2.05, 4.69) is 11.4 Å². The maximum absolute atomic E-state index is 13.8. The van der Waals surface area contributed by atoms with Crippen molar-refractivity contribution < 1.29 is 18.3 Å². The summed E-state index contributed by atoms with van der Waals surface area (Å²) in [6.45, 7) is 0. The van der Waals surface area contributed by atoms with Gasteiger partial charge in [0.05, 0.1) is 6.04 Å². The zero-order valence-electron chi connectivity index (χ0n) is 14.9. The van der Waals surface area contributed by atoms with Gasteiger partial charge in [0, 0.05) is 31.0 Å². The van der Waals surface area contributed by atoms with Gasteiger partial charge in [0.15, 0.2) is 0 Å². The van der Waals surface area contributed by atoms with E-state index in [-0.39, 0.29) is 36.7 Å². The number of carbonyl (C=O) groups is 1. The second-order valence-corrected chi connectivity index (χ2v) is 8.48. The first-order chi connectivity index (χ1) is 12.4. The number of alkyl halides is 2. The molecule has 2 amide bonds. The number of ether oxygens (including phenoxy) is 1. The van der Waals surface area contributed by atoms with E-state index in [4.69, 9.17) is 4.74 Å². The van der Waals surface area contributed by atoms with Crippen molar-refractivity contribution in [2.45, 2.75) is 68.7 Å². The van der Waals surface area contributed by atoms with Crippen LogP contribution in [0.2, 0.25) is 0 Å². The van der Waals surface area contributed by atoms with Crippen molar-refractivity contribution in [2.75, 3.05) is 7.11 Å². The van der Waals surface area contributed by atoms with Crippen LogP contribution in [0.15, 0.2) is 24.3 Å². The maximum atomic E-state index is 13.8. The lowest BCUT2D eigenvalue weighted by molar-refractivity contribution is 0.0151. The Morgan fingerprint density at radius 3 is 2.50 bits per heavy atom. The van der Waals surface area contributed by atoms with E-state index in [1.165, 1.54) is 5.56 Å². The van der Waals surface area contributed by atoms with Crippen LogP contribution < -0.4 is 5.32 Å². The summed E-state index contributed by atoms with van der Waals surface area (Å²) in [7, 11) is 1.66. The third-order valence-electron chi connectivity index (χ3n) is 7.05. The largest absolute Gasteiger partial charge is 0.375 e. The molecule has 2 aliphatic heterocycles. The van der Waals surface area contributed by atoms with Crippen LogP contribution in [-0.4, -0.2) is 42.1 Å². The highest BCUT2D eigenvalue weighted by atomic mass is 19.3. The van der Waals surface area contributed by atoms with Gasteiger partial charge in [0.2, 0.25) is 0 Å². The summed E-state index contributed by atoms with van der Waals surface area (Å²) in [4.78, 5) is 14.8. The number of hydrogen-bond donors (Lipinski definition) is 1. The number of halogens is 2. The molecule has 1 aromatic rings. The van der Waals surface area contributed by atoms with Crippen LogP contribution in [0.25, 0.3) is 0 Å². The zero-order valence-corrected chi connectivity index (χ0v) is 14.9. The first-order valence-corrected chi connectivity index (χ1v) is 9.51. The van der Waals surface area contributed by atoms with Gasteiger partial charge in [-0.2, -0.15) is 0 Å². The monoisotopic (exact) mass is 362 g/mol. The van der Waals surface area contributed by atoms with Gasteiger partial charge in [-0.25, -0.2) is 13.6 Å². The van der Waals surface area contributed by atoms with Crippen LogP contribution in [0.1, 0.15) is 49.3 Å². The molecule has 4 aliphatic rings. The van der Waals surface area contributed by atoms with Gasteiger partial charge in [-0.05, 0) is 43.2 Å². The number of hydrogen-bond acceptors (Lipinski definition) is 2. The van der Waals surface area contributed by atoms with Gasteiger partial charge in [-0.3, -0.25) is 0 Å². The van der Waals surface area contributed by atoms with Gasteiger partial charge in [-0.15, -0.1) is 0 Å². The molecule has 3 fully saturated rings. The van der Waals surface area contributed by atoms with E-state index in [9.17, 15) is 13.6 Å². The molecule has 1 saturated carbocycles. The molecule has 1 N–H and O–H groups in total. The summed E-state index contributed by atoms with van der Waals surface area (Å²) >= 11 is 0. The normalized spacial score (nSPS) is 39.1. The standard InChI is InChI=1S/C20H24F2N2O2/c1-26-17-15-5-3-2-4-12(15)8-16(17)23-18(25)24-13-6-7-14(24)10-19(9-13)11-20(19,21)22/h2-5,13-14,16-17H,6-11H2,1H3,(H,23,25)/t13?,14?,16-,17+,19?/m1/s1. The Balaban J connectivity index is 1.30. The fourth-order valence-electron chi connectivity index (χ4n) is 5.71. The van der Waals surface area contributed by atoms with E-state index in [0.717, 1.165) is 24.8 Å². The Morgan fingerprint density at radius 1 is 1.23 bits per heavy atom. The molecule has 2 heterocycles. The molecule has 1 spiro atoms. The van der Waals surface area contributed by atoms with Crippen molar-refractivity contribution in [1.29, 1.82) is 0 Å². The number of nitrogens with one attached hydrogen (secondary N) is 1. The van der Waals surface area contributed by atoms with Crippen LogP contribution in [0.3, 0.4) is 0 Å². The number of piperidine rings is 1. The number of fused-ring (bicyclic) bond motifs is 3. The predicted molar refractivity (Wildman–Crippen MR) is 92.1 cm³/mol. The SMILES string of the molecule is CO[C@H]1c2ccccc2C[C@H]1NC(=O)N1C2CCC1CC1(C2)CC1(F)F. The van der Waals surface area contributed by atoms with Crippen LogP contribution >= 0.6 is 0 Å². The van der Waals surface area contributed by atoms with Crippen LogP contribution in [0, 0.1) is 5.41 Å². The van der Waals surface area contributed by atoms with Gasteiger partial charge >= 0.3 is 6.03 Å². The molecule has 6 heteroatoms. The quantitative estimate of drug-likeness (QED) is 0.872. The zero-order chi connectivity index (χ0) is 18.1. The van der Waals surface area contributed by atoms with Crippen molar-refractivity contribution in [3.8, 4) is 0 Å². The number of benzene rings is 1. The first kappa shape index (κ1) is 16.5. The predicted octanol–water partition coefficient (Wildman–Crippen LogP) is 3.66. The lowest BCUT2D eigenvalue weighted by atomic mass is 9.87. The minimum Gasteiger partial charge on any atom is -0.375 e. The van der Waals surface area contributed by atoms with Crippen molar-refractivity contribution in [3.63, 3.8) is 0 Å². The van der Waals surface area contributed by atoms with E-state index in [1.54, 1.807) is 7.11 Å². The Hall–Kier alpha value is -1.69. The molecule has 2 unspecified atom stereocenters. The molecule has 2 aliphatic carbocycles. The molecule has 4 nitrogen and oxygen atoms in total. The molecular formula is C20H24F2N2O2. The molecule has 5 rings (SSSR count). The lowest BCUT2D eigenvalue weighted by Crippen LogP contribution is -2.54. The second kappa shape index (κ2) is 5.41. The number of methoxy groups -OCH3 is 1. The number of carbonyl (C=O) groups excluding carboxylic acids is 1. The van der Waals surface area contributed by atoms with Crippen LogP contribution in [0.4, 0.5) is 13.6 Å². The first-order valence-electron chi connectivity index (χ1n) is 9.51. The maximum Gasteiger partial charge on any atom is 0.318 e. The smallest absolute Gasteiger partial charge is 0.318 e. The van der Waals surface area contributed by atoms with Gasteiger partial charge in [0.25, 0.3) is 5.92 Å². The minimum atomic E-state index is -2.52. The summed E-state index contributed by atoms with van der Waals surface area (Å²) in [5.41, 5.74) is 1.50. The highest BCUT2D eigenvalue weighted by Gasteiger charge is 2.74. The molecular weight excluding hydrogens is 338 g/mol. The van der Waals surface area contributed by atoms with Crippen molar-refractivity contribution in [1.82, 2.24) is 10.2 Å². The summed E-state index contributed by atoms with van der Waals surface area (Å²) in [6, 6.07) is 7.76. The third kappa shape index (κ3) is 2.24. The molecule has 0 radical (unpaired) electrons. The Kier molecular flexibility index (Phi) is 3.43. The fraction of sp³-hybridized carbons (Fsp3) is 0.650. The van der Waals surface area contributed by atoms with Gasteiger partial charge in [-0.1, -0.05) is 24.3 Å². The lowest BCUT2D eigenvalue weighted by Gasteiger charge is -2.40. The molecule has 1 aromatic carbocycles. The van der Waals surface area contributed by atoms with Gasteiger partial charge < -0.3 is 15.0 Å². The Morgan fingerprint density at radius 2 is 1.88 bits per heavy atom. The molecule has 2 saturated heterocycles. The van der Waals surface area contributed by atoms with Crippen molar-refractivity contribution in [2.24, 2.45) is 5.41 Å². The molecule has 0 aromatic heterocycles. The molecule has 140 valence electrons. The molecule has 4 atom stereocenters. The van der Waals surface area contributed by atoms with Crippen LogP contribution in [0.5, 0.6) is 0 Å². The topological polar surface area (TPSA) is 41.6 Å². The number of nitrogens with zero attached hydrogens (tertiary/aromatic N) is 1. The number of urea groups is 1. The average molecular weight is 362 g/mol.